The molecule has 0 aromatic rings. The number of hydrogen-bond donors (Lipinski definition) is 0. The predicted molar refractivity (Wildman–Crippen MR) is 77.2 cm³/mol. The zero-order valence-corrected chi connectivity index (χ0v) is 14.7. The Morgan fingerprint density at radius 2 is 1.00 bits per heavy atom. The van der Waals surface area contributed by atoms with E-state index in [1.54, 1.807) is 0 Å². The van der Waals surface area contributed by atoms with E-state index in [1.165, 1.54) is 0 Å². The van der Waals surface area contributed by atoms with Crippen molar-refractivity contribution in [1.82, 2.24) is 0 Å². The first kappa shape index (κ1) is 23.0. The number of hydrogen-bond acceptors (Lipinski definition) is 0. The molecule has 0 amide bonds. The number of nitrogens with one attached hydrogen (secondary N) is 1. The van der Waals surface area contributed by atoms with Gasteiger partial charge in [0.05, 0.1) is 0 Å². The zero-order chi connectivity index (χ0) is 13.3. The first-order valence-electron chi connectivity index (χ1n) is 6.04. The van der Waals surface area contributed by atoms with Gasteiger partial charge >= 0.3 is 27.0 Å². The van der Waals surface area contributed by atoms with E-state index in [4.69, 9.17) is 5.73 Å². The van der Waals surface area contributed by atoms with Crippen molar-refractivity contribution in [1.29, 1.82) is 0 Å². The molecule has 0 unspecified atom stereocenters. The van der Waals surface area contributed by atoms with Crippen LogP contribution < -0.4 is 0 Å². The fourth-order valence-electron chi connectivity index (χ4n) is 2.39. The summed E-state index contributed by atoms with van der Waals surface area (Å²) >= 11 is 1.82. The molecule has 0 bridgehead atoms. The van der Waals surface area contributed by atoms with Crippen molar-refractivity contribution in [2.24, 2.45) is 29.6 Å². The Morgan fingerprint density at radius 1 is 0.882 bits per heavy atom. The molecular formula is C14H30ClNRu. The second-order valence-corrected chi connectivity index (χ2v) is 4.90. The van der Waals surface area contributed by atoms with E-state index in [0.717, 1.165) is 36.0 Å². The van der Waals surface area contributed by atoms with Crippen molar-refractivity contribution in [3.63, 3.8) is 0 Å². The molecule has 1 rings (SSSR count). The minimum absolute atomic E-state index is 0. The summed E-state index contributed by atoms with van der Waals surface area (Å²) in [7, 11) is 4.57. The average molecular weight is 349 g/mol. The van der Waals surface area contributed by atoms with Gasteiger partial charge in [-0.2, -0.15) is 6.54 Å². The Hall–Kier alpha value is 0.873. The monoisotopic (exact) mass is 349 g/mol. The topological polar surface area (TPSA) is 23.8 Å². The summed E-state index contributed by atoms with van der Waals surface area (Å²) in [4.78, 5) is 0. The van der Waals surface area contributed by atoms with E-state index in [0.29, 0.717) is 6.54 Å². The second kappa shape index (κ2) is 13.3. The number of halogens is 1. The van der Waals surface area contributed by atoms with Crippen LogP contribution in [0.4, 0.5) is 0 Å². The van der Waals surface area contributed by atoms with Gasteiger partial charge in [0, 0.05) is 0 Å². The van der Waals surface area contributed by atoms with Gasteiger partial charge in [-0.1, -0.05) is 34.6 Å². The van der Waals surface area contributed by atoms with Gasteiger partial charge in [0.2, 0.25) is 0 Å². The van der Waals surface area contributed by atoms with Gasteiger partial charge in [-0.3, -0.25) is 0 Å². The average Bonchev–Trinajstić information content (AvgIpc) is 2.50. The van der Waals surface area contributed by atoms with Gasteiger partial charge in [0.25, 0.3) is 0 Å². The van der Waals surface area contributed by atoms with Crippen molar-refractivity contribution in [3.05, 3.63) is 20.1 Å². The van der Waals surface area contributed by atoms with Gasteiger partial charge in [-0.15, -0.1) is 0 Å². The Labute approximate surface area is 124 Å². The number of rotatable bonds is 1. The molecule has 0 atom stereocenters. The van der Waals surface area contributed by atoms with Crippen LogP contribution in [0.15, 0.2) is 0 Å². The molecule has 1 N–H and O–H groups in total. The predicted octanol–water partition coefficient (Wildman–Crippen LogP) is 5.58. The Morgan fingerprint density at radius 3 is 1.06 bits per heavy atom. The molecule has 0 aromatic heterocycles. The molecule has 0 radical (unpaired) electrons. The summed E-state index contributed by atoms with van der Waals surface area (Å²) in [5.74, 6) is 4.68. The van der Waals surface area contributed by atoms with Crippen LogP contribution in [0.25, 0.3) is 5.73 Å². The summed E-state index contributed by atoms with van der Waals surface area (Å²) in [6, 6.07) is 0. The molecule has 1 fully saturated rings. The molecule has 106 valence electrons. The fraction of sp³-hybridized carbons (Fsp3) is 0.857. The zero-order valence-electron chi connectivity index (χ0n) is 12.2. The molecule has 0 heterocycles. The molecule has 3 heteroatoms. The molecule has 0 spiro atoms. The quantitative estimate of drug-likeness (QED) is 0.436. The molecule has 1 aliphatic rings. The van der Waals surface area contributed by atoms with E-state index in [1.807, 2.05) is 17.3 Å². The molecule has 1 nitrogen and oxygen atoms in total. The Kier molecular flexibility index (Phi) is 18.0. The molecule has 17 heavy (non-hydrogen) atoms. The van der Waals surface area contributed by atoms with E-state index < -0.39 is 0 Å². The van der Waals surface area contributed by atoms with Crippen molar-refractivity contribution in [3.8, 4) is 0 Å². The second-order valence-electron chi connectivity index (χ2n) is 4.90. The van der Waals surface area contributed by atoms with Crippen molar-refractivity contribution < 1.29 is 17.3 Å². The van der Waals surface area contributed by atoms with Crippen LogP contribution in [0.1, 0.15) is 41.0 Å². The fourth-order valence-corrected chi connectivity index (χ4v) is 2.39. The van der Waals surface area contributed by atoms with Crippen molar-refractivity contribution >= 4 is 9.69 Å². The Bertz CT molecular complexity index is 108. The van der Waals surface area contributed by atoms with Crippen LogP contribution in [0, 0.1) is 43.9 Å². The summed E-state index contributed by atoms with van der Waals surface area (Å²) in [6.45, 7) is 15.9. The normalized spacial score (nSPS) is 34.7. The molecular weight excluding hydrogens is 319 g/mol. The van der Waals surface area contributed by atoms with E-state index in [-0.39, 0.29) is 7.43 Å². The summed E-state index contributed by atoms with van der Waals surface area (Å²) in [5, 5.41) is 0. The molecule has 0 saturated heterocycles. The van der Waals surface area contributed by atoms with E-state index >= 15 is 0 Å². The van der Waals surface area contributed by atoms with E-state index in [9.17, 15) is 0 Å². The van der Waals surface area contributed by atoms with Crippen molar-refractivity contribution in [2.75, 3.05) is 6.54 Å². The summed E-state index contributed by atoms with van der Waals surface area (Å²) in [6.07, 6.45) is 0.736. The van der Waals surface area contributed by atoms with Gasteiger partial charge in [0.1, 0.15) is 0 Å². The van der Waals surface area contributed by atoms with Crippen LogP contribution in [0.5, 0.6) is 0 Å². The third kappa shape index (κ3) is 7.80. The minimum atomic E-state index is 0. The molecule has 0 aromatic carbocycles. The first-order chi connectivity index (χ1) is 7.47. The molecule has 0 aliphatic heterocycles. The van der Waals surface area contributed by atoms with Crippen LogP contribution in [0.3, 0.4) is 0 Å². The summed E-state index contributed by atoms with van der Waals surface area (Å²) < 4.78 is 0. The third-order valence-electron chi connectivity index (χ3n) is 4.32. The van der Waals surface area contributed by atoms with Gasteiger partial charge < -0.3 is 20.1 Å². The van der Waals surface area contributed by atoms with Gasteiger partial charge in [-0.05, 0) is 29.6 Å². The molecule has 1 saturated carbocycles. The van der Waals surface area contributed by atoms with Crippen molar-refractivity contribution in [2.45, 2.75) is 41.0 Å². The van der Waals surface area contributed by atoms with Crippen LogP contribution >= 0.6 is 9.69 Å². The SMILES string of the molecule is CC1C(C)C(C)C(C)C1C.[CH2-]CC[NH-].[CH3-].[Cl][Ru+3]. The Balaban J connectivity index is -0.000000242. The van der Waals surface area contributed by atoms with E-state index in [2.05, 4.69) is 51.2 Å². The van der Waals surface area contributed by atoms with Crippen LogP contribution in [0.2, 0.25) is 0 Å². The third-order valence-corrected chi connectivity index (χ3v) is 4.32. The van der Waals surface area contributed by atoms with Gasteiger partial charge in [0.15, 0.2) is 0 Å². The first-order valence-corrected chi connectivity index (χ1v) is 8.28. The maximum atomic E-state index is 6.39. The van der Waals surface area contributed by atoms with Gasteiger partial charge in [-0.25, -0.2) is 6.42 Å². The standard InChI is InChI=1S/C10H20.C3H7N.CH3.ClH.Ru/c1-6-7(2)9(4)10(5)8(6)3;1-2-3-4;;;/h6-10H,1-5H3;4H,1-3H2;1H3;1H;/q;-2;-1;;+4/p-1. The maximum absolute atomic E-state index is 6.39. The van der Waals surface area contributed by atoms with Crippen LogP contribution in [-0.4, -0.2) is 6.54 Å². The summed E-state index contributed by atoms with van der Waals surface area (Å²) in [5.41, 5.74) is 6.39. The molecule has 1 aliphatic carbocycles. The van der Waals surface area contributed by atoms with Crippen LogP contribution in [-0.2, 0) is 17.3 Å².